The highest BCUT2D eigenvalue weighted by molar-refractivity contribution is 7.91. The second kappa shape index (κ2) is 15.2. The van der Waals surface area contributed by atoms with Crippen molar-refractivity contribution in [3.05, 3.63) is 118 Å². The van der Waals surface area contributed by atoms with E-state index in [1.54, 1.807) is 66.1 Å². The Morgan fingerprint density at radius 2 is 1.81 bits per heavy atom. The lowest BCUT2D eigenvalue weighted by Crippen LogP contribution is -2.27. The fourth-order valence-electron chi connectivity index (χ4n) is 5.00. The summed E-state index contributed by atoms with van der Waals surface area (Å²) in [5, 5.41) is 7.45. The van der Waals surface area contributed by atoms with Gasteiger partial charge in [0.25, 0.3) is 0 Å². The fraction of sp³-hybridized carbons (Fsp3) is 0.200. The van der Waals surface area contributed by atoms with E-state index in [4.69, 9.17) is 21.3 Å². The number of aromatic nitrogens is 4. The molecule has 0 atom stereocenters. The molecule has 48 heavy (non-hydrogen) atoms. The highest BCUT2D eigenvalue weighted by Gasteiger charge is 2.16. The van der Waals surface area contributed by atoms with Crippen molar-refractivity contribution in [1.29, 1.82) is 0 Å². The number of thiazole rings is 1. The van der Waals surface area contributed by atoms with Crippen molar-refractivity contribution in [3.63, 3.8) is 0 Å². The van der Waals surface area contributed by atoms with Gasteiger partial charge in [0, 0.05) is 29.4 Å². The van der Waals surface area contributed by atoms with Gasteiger partial charge in [-0.05, 0) is 74.1 Å². The third kappa shape index (κ3) is 8.50. The number of fused-ring (bicyclic) bond motifs is 1. The number of hydrogen-bond donors (Lipinski definition) is 1. The zero-order valence-electron chi connectivity index (χ0n) is 26.0. The molecule has 1 N–H and O–H groups in total. The molecule has 3 heterocycles. The van der Waals surface area contributed by atoms with E-state index < -0.39 is 9.84 Å². The topological polar surface area (TPSA) is 110 Å². The summed E-state index contributed by atoms with van der Waals surface area (Å²) in [7, 11) is -1.37. The molecule has 9 nitrogen and oxygen atoms in total. The van der Waals surface area contributed by atoms with Gasteiger partial charge < -0.3 is 15.0 Å². The van der Waals surface area contributed by atoms with Gasteiger partial charge in [0.2, 0.25) is 0 Å². The first-order valence-electron chi connectivity index (χ1n) is 15.2. The predicted octanol–water partition coefficient (Wildman–Crippen LogP) is 7.60. The normalized spacial score (nSPS) is 11.7. The molecule has 3 aromatic heterocycles. The zero-order valence-corrected chi connectivity index (χ0v) is 28.4. The van der Waals surface area contributed by atoms with Crippen molar-refractivity contribution in [2.75, 3.05) is 31.2 Å². The van der Waals surface area contributed by atoms with Crippen LogP contribution in [0.15, 0.2) is 102 Å². The van der Waals surface area contributed by atoms with Crippen LogP contribution in [0, 0.1) is 5.82 Å². The highest BCUT2D eigenvalue weighted by Crippen LogP contribution is 2.32. The van der Waals surface area contributed by atoms with Crippen LogP contribution in [0.3, 0.4) is 0 Å². The van der Waals surface area contributed by atoms with Gasteiger partial charge in [-0.25, -0.2) is 27.8 Å². The molecule has 0 aliphatic rings. The van der Waals surface area contributed by atoms with E-state index in [9.17, 15) is 12.8 Å². The molecule has 0 aliphatic carbocycles. The minimum absolute atomic E-state index is 0.0773. The summed E-state index contributed by atoms with van der Waals surface area (Å²) < 4.78 is 44.5. The van der Waals surface area contributed by atoms with Crippen LogP contribution in [-0.2, 0) is 22.9 Å². The van der Waals surface area contributed by atoms with Crippen LogP contribution in [0.25, 0.3) is 22.3 Å². The first-order chi connectivity index (χ1) is 23.2. The summed E-state index contributed by atoms with van der Waals surface area (Å²) in [5.74, 6) is 0.821. The average Bonchev–Trinajstić information content (AvgIpc) is 3.56. The number of anilines is 2. The Hall–Kier alpha value is -4.49. The van der Waals surface area contributed by atoms with Crippen molar-refractivity contribution in [1.82, 2.24) is 24.8 Å². The van der Waals surface area contributed by atoms with Gasteiger partial charge >= 0.3 is 0 Å². The lowest BCUT2D eigenvalue weighted by molar-refractivity contribution is 0.306. The first-order valence-corrected chi connectivity index (χ1v) is 18.1. The molecule has 0 amide bonds. The second-order valence-electron chi connectivity index (χ2n) is 11.2. The number of aryl methyl sites for hydroxylation is 1. The smallest absolute Gasteiger partial charge is 0.179 e. The third-order valence-electron chi connectivity index (χ3n) is 7.59. The number of hydrogen-bond acceptors (Lipinski definition) is 10. The van der Waals surface area contributed by atoms with Crippen molar-refractivity contribution in [2.45, 2.75) is 24.3 Å². The van der Waals surface area contributed by atoms with E-state index in [0.29, 0.717) is 50.5 Å². The summed E-state index contributed by atoms with van der Waals surface area (Å²) in [6, 6.07) is 22.0. The van der Waals surface area contributed by atoms with Gasteiger partial charge in [0.15, 0.2) is 9.84 Å². The molecule has 3 aromatic carbocycles. The maximum Gasteiger partial charge on any atom is 0.179 e. The Kier molecular flexibility index (Phi) is 10.6. The van der Waals surface area contributed by atoms with Gasteiger partial charge in [-0.3, -0.25) is 4.98 Å². The number of benzene rings is 3. The minimum Gasteiger partial charge on any atom is -0.487 e. The Morgan fingerprint density at radius 1 is 0.958 bits per heavy atom. The monoisotopic (exact) mass is 702 g/mol. The SMILES string of the molecule is CN(CCCc1nc(-c2cc3c(Nc4ccc(OCc5cccc(F)c5)c(Cl)c4)ncnc3cn2)cs1)CCS(=O)(=O)c1ccccc1. The fourth-order valence-corrected chi connectivity index (χ4v) is 7.42. The average molecular weight is 703 g/mol. The van der Waals surface area contributed by atoms with E-state index in [-0.39, 0.29) is 18.2 Å². The van der Waals surface area contributed by atoms with Crippen LogP contribution in [-0.4, -0.2) is 59.1 Å². The van der Waals surface area contributed by atoms with E-state index >= 15 is 0 Å². The van der Waals surface area contributed by atoms with Gasteiger partial charge in [-0.15, -0.1) is 11.3 Å². The summed E-state index contributed by atoms with van der Waals surface area (Å²) in [4.78, 5) is 20.6. The molecule has 0 saturated carbocycles. The molecule has 13 heteroatoms. The van der Waals surface area contributed by atoms with Crippen molar-refractivity contribution in [3.8, 4) is 17.1 Å². The molecular formula is C35H32ClFN6O3S2. The molecule has 0 bridgehead atoms. The number of sulfone groups is 1. The lowest BCUT2D eigenvalue weighted by atomic mass is 10.2. The standard InChI is InChI=1S/C35H32ClFN6O3S2/c1-43(15-16-48(44,45)27-9-3-2-4-10-27)14-6-11-34-42-32(22-47-34)30-19-28-31(20-38-30)39-23-40-35(28)41-26-12-13-33(29(36)18-26)46-21-24-7-5-8-25(37)17-24/h2-5,7-10,12-13,17-20,22-23H,6,11,14-16,21H2,1H3,(H,39,40,41). The zero-order chi connectivity index (χ0) is 33.5. The van der Waals surface area contributed by atoms with Crippen LogP contribution < -0.4 is 10.1 Å². The quantitative estimate of drug-likeness (QED) is 0.123. The maximum absolute atomic E-state index is 13.5. The molecule has 0 fully saturated rings. The molecule has 6 rings (SSSR count). The molecule has 246 valence electrons. The summed E-state index contributed by atoms with van der Waals surface area (Å²) in [6.45, 7) is 1.40. The summed E-state index contributed by atoms with van der Waals surface area (Å²) in [5.41, 5.74) is 3.54. The van der Waals surface area contributed by atoms with Gasteiger partial charge in [-0.1, -0.05) is 41.9 Å². The van der Waals surface area contributed by atoms with Crippen molar-refractivity contribution >= 4 is 55.2 Å². The van der Waals surface area contributed by atoms with Crippen LogP contribution >= 0.6 is 22.9 Å². The first kappa shape index (κ1) is 33.4. The molecule has 0 aliphatic heterocycles. The number of nitrogens with zero attached hydrogens (tertiary/aromatic N) is 5. The van der Waals surface area contributed by atoms with E-state index in [2.05, 4.69) is 20.3 Å². The maximum atomic E-state index is 13.5. The number of rotatable bonds is 14. The highest BCUT2D eigenvalue weighted by atomic mass is 35.5. The summed E-state index contributed by atoms with van der Waals surface area (Å²) >= 11 is 8.09. The number of ether oxygens (including phenoxy) is 1. The Labute approximate surface area is 287 Å². The largest absolute Gasteiger partial charge is 0.487 e. The molecule has 0 radical (unpaired) electrons. The predicted molar refractivity (Wildman–Crippen MR) is 188 cm³/mol. The van der Waals surface area contributed by atoms with E-state index in [0.717, 1.165) is 35.5 Å². The van der Waals surface area contributed by atoms with Crippen LogP contribution in [0.5, 0.6) is 5.75 Å². The number of pyridine rings is 1. The summed E-state index contributed by atoms with van der Waals surface area (Å²) in [6.07, 6.45) is 4.79. The molecule has 6 aromatic rings. The Morgan fingerprint density at radius 3 is 2.62 bits per heavy atom. The number of nitrogens with one attached hydrogen (secondary N) is 1. The van der Waals surface area contributed by atoms with Gasteiger partial charge in [0.05, 0.1) is 43.8 Å². The van der Waals surface area contributed by atoms with E-state index in [1.807, 2.05) is 35.5 Å². The lowest BCUT2D eigenvalue weighted by Gasteiger charge is -2.16. The van der Waals surface area contributed by atoms with Gasteiger partial charge in [0.1, 0.15) is 30.3 Å². The Balaban J connectivity index is 1.06. The van der Waals surface area contributed by atoms with E-state index in [1.165, 1.54) is 18.5 Å². The van der Waals surface area contributed by atoms with Crippen LogP contribution in [0.2, 0.25) is 5.02 Å². The molecular weight excluding hydrogens is 671 g/mol. The Bertz CT molecular complexity index is 2130. The molecule has 0 unspecified atom stereocenters. The van der Waals surface area contributed by atoms with Crippen molar-refractivity contribution < 1.29 is 17.5 Å². The third-order valence-corrected chi connectivity index (χ3v) is 10.5. The van der Waals surface area contributed by atoms with Gasteiger partial charge in [-0.2, -0.15) is 0 Å². The minimum atomic E-state index is -3.31. The number of halogens is 2. The van der Waals surface area contributed by atoms with Crippen LogP contribution in [0.4, 0.5) is 15.9 Å². The van der Waals surface area contributed by atoms with Crippen molar-refractivity contribution in [2.24, 2.45) is 0 Å². The molecule has 0 spiro atoms. The van der Waals surface area contributed by atoms with Crippen LogP contribution in [0.1, 0.15) is 17.0 Å². The molecule has 0 saturated heterocycles. The second-order valence-corrected chi connectivity index (χ2v) is 14.6.